The van der Waals surface area contributed by atoms with Crippen molar-refractivity contribution >= 4 is 23.9 Å². The van der Waals surface area contributed by atoms with Crippen LogP contribution in [0.4, 0.5) is 4.79 Å². The van der Waals surface area contributed by atoms with E-state index in [0.29, 0.717) is 17.9 Å². The van der Waals surface area contributed by atoms with Crippen molar-refractivity contribution in [2.75, 3.05) is 0 Å². The Bertz CT molecular complexity index is 675. The van der Waals surface area contributed by atoms with Gasteiger partial charge in [-0.3, -0.25) is 9.59 Å². The molecule has 1 saturated heterocycles. The molecule has 1 aliphatic heterocycles. The lowest BCUT2D eigenvalue weighted by atomic mass is 10.1. The number of unbranched alkanes of at least 4 members (excludes halogenated alkanes) is 3. The van der Waals surface area contributed by atoms with Crippen molar-refractivity contribution < 1.29 is 28.8 Å². The first kappa shape index (κ1) is 21.4. The monoisotopic (exact) mass is 390 g/mol. The first-order chi connectivity index (χ1) is 13.5. The maximum atomic E-state index is 12.4. The summed E-state index contributed by atoms with van der Waals surface area (Å²) in [6.07, 6.45) is 3.20. The van der Waals surface area contributed by atoms with Gasteiger partial charge in [-0.15, -0.1) is 5.06 Å². The molecule has 8 heteroatoms. The van der Waals surface area contributed by atoms with Crippen molar-refractivity contribution in [2.24, 2.45) is 0 Å². The highest BCUT2D eigenvalue weighted by atomic mass is 16.7. The molecule has 1 heterocycles. The molecule has 0 spiro atoms. The number of rotatable bonds is 10. The molecule has 152 valence electrons. The normalized spacial score (nSPS) is 14.7. The van der Waals surface area contributed by atoms with Gasteiger partial charge in [0, 0.05) is 12.8 Å². The van der Waals surface area contributed by atoms with Gasteiger partial charge in [0.25, 0.3) is 11.8 Å². The van der Waals surface area contributed by atoms with Gasteiger partial charge in [-0.1, -0.05) is 62.9 Å². The highest BCUT2D eigenvalue weighted by Crippen LogP contribution is 2.14. The van der Waals surface area contributed by atoms with Gasteiger partial charge in [0.15, 0.2) is 0 Å². The third kappa shape index (κ3) is 6.68. The summed E-state index contributed by atoms with van der Waals surface area (Å²) in [4.78, 5) is 52.7. The van der Waals surface area contributed by atoms with Crippen LogP contribution in [-0.4, -0.2) is 35.0 Å². The number of amides is 3. The Morgan fingerprint density at radius 1 is 1.07 bits per heavy atom. The smallest absolute Gasteiger partial charge is 0.408 e. The molecule has 1 fully saturated rings. The molecule has 1 aromatic rings. The quantitative estimate of drug-likeness (QED) is 0.487. The van der Waals surface area contributed by atoms with Gasteiger partial charge in [0.05, 0.1) is 0 Å². The number of hydroxylamine groups is 2. The van der Waals surface area contributed by atoms with Gasteiger partial charge in [0.1, 0.15) is 12.6 Å². The van der Waals surface area contributed by atoms with Crippen LogP contribution in [0.1, 0.15) is 57.4 Å². The Kier molecular flexibility index (Phi) is 8.45. The molecule has 0 bridgehead atoms. The Balaban J connectivity index is 1.91. The van der Waals surface area contributed by atoms with E-state index in [1.165, 1.54) is 0 Å². The molecule has 2 rings (SSSR count). The molecule has 0 aromatic heterocycles. The number of nitrogens with zero attached hydrogens (tertiary/aromatic N) is 1. The van der Waals surface area contributed by atoms with Crippen LogP contribution in [0.5, 0.6) is 0 Å². The Morgan fingerprint density at radius 2 is 1.75 bits per heavy atom. The number of carbonyl (C=O) groups excluding carboxylic acids is 4. The van der Waals surface area contributed by atoms with Crippen molar-refractivity contribution in [1.82, 2.24) is 10.4 Å². The largest absolute Gasteiger partial charge is 0.445 e. The van der Waals surface area contributed by atoms with E-state index >= 15 is 0 Å². The van der Waals surface area contributed by atoms with E-state index in [4.69, 9.17) is 9.57 Å². The number of hydrogen-bond acceptors (Lipinski definition) is 6. The van der Waals surface area contributed by atoms with Crippen LogP contribution < -0.4 is 5.32 Å². The summed E-state index contributed by atoms with van der Waals surface area (Å²) in [5.74, 6) is -1.97. The number of hydrogen-bond donors (Lipinski definition) is 1. The molecule has 0 saturated carbocycles. The maximum Gasteiger partial charge on any atom is 0.408 e. The zero-order valence-electron chi connectivity index (χ0n) is 16.0. The first-order valence-electron chi connectivity index (χ1n) is 9.56. The van der Waals surface area contributed by atoms with Crippen molar-refractivity contribution in [3.05, 3.63) is 35.9 Å². The van der Waals surface area contributed by atoms with Gasteiger partial charge in [-0.2, -0.15) is 0 Å². The fourth-order valence-corrected chi connectivity index (χ4v) is 2.74. The lowest BCUT2D eigenvalue weighted by Crippen LogP contribution is -2.45. The van der Waals surface area contributed by atoms with E-state index in [2.05, 4.69) is 12.2 Å². The zero-order chi connectivity index (χ0) is 20.4. The zero-order valence-corrected chi connectivity index (χ0v) is 16.0. The molecule has 1 aliphatic rings. The highest BCUT2D eigenvalue weighted by Gasteiger charge is 2.35. The molecular formula is C20H26N2O6. The van der Waals surface area contributed by atoms with Crippen molar-refractivity contribution in [3.63, 3.8) is 0 Å². The SMILES string of the molecule is CCCCCCC(NC(=O)OCc1ccccc1)C(=O)ON1C(=O)CCC1=O. The molecule has 1 aromatic carbocycles. The summed E-state index contributed by atoms with van der Waals surface area (Å²) in [6, 6.07) is 8.14. The fraction of sp³-hybridized carbons (Fsp3) is 0.500. The van der Waals surface area contributed by atoms with E-state index in [1.54, 1.807) is 0 Å². The van der Waals surface area contributed by atoms with Crippen LogP contribution in [0.2, 0.25) is 0 Å². The van der Waals surface area contributed by atoms with Crippen LogP contribution in [0, 0.1) is 0 Å². The Morgan fingerprint density at radius 3 is 2.39 bits per heavy atom. The summed E-state index contributed by atoms with van der Waals surface area (Å²) in [6.45, 7) is 2.13. The standard InChI is InChI=1S/C20H26N2O6/c1-2-3-4-8-11-16(19(25)28-22-17(23)12-13-18(22)24)21-20(26)27-14-15-9-6-5-7-10-15/h5-7,9-10,16H,2-4,8,11-14H2,1H3,(H,21,26). The summed E-state index contributed by atoms with van der Waals surface area (Å²) < 4.78 is 5.14. The predicted octanol–water partition coefficient (Wildman–Crippen LogP) is 2.86. The van der Waals surface area contributed by atoms with Gasteiger partial charge in [0.2, 0.25) is 0 Å². The predicted molar refractivity (Wildman–Crippen MR) is 99.5 cm³/mol. The number of imide groups is 1. The number of carbonyl (C=O) groups is 4. The number of ether oxygens (including phenoxy) is 1. The molecule has 28 heavy (non-hydrogen) atoms. The van der Waals surface area contributed by atoms with Crippen LogP contribution >= 0.6 is 0 Å². The van der Waals surface area contributed by atoms with E-state index in [-0.39, 0.29) is 19.4 Å². The molecule has 0 radical (unpaired) electrons. The molecule has 0 aliphatic carbocycles. The molecule has 1 atom stereocenters. The van der Waals surface area contributed by atoms with Crippen LogP contribution in [-0.2, 0) is 30.6 Å². The first-order valence-corrected chi connectivity index (χ1v) is 9.56. The molecule has 1 unspecified atom stereocenters. The van der Waals surface area contributed by atoms with E-state index in [0.717, 1.165) is 24.8 Å². The number of benzene rings is 1. The van der Waals surface area contributed by atoms with Crippen LogP contribution in [0.25, 0.3) is 0 Å². The summed E-state index contributed by atoms with van der Waals surface area (Å²) in [7, 11) is 0. The van der Waals surface area contributed by atoms with Crippen LogP contribution in [0.3, 0.4) is 0 Å². The number of nitrogens with one attached hydrogen (secondary N) is 1. The second-order valence-electron chi connectivity index (χ2n) is 6.60. The van der Waals surface area contributed by atoms with Gasteiger partial charge < -0.3 is 14.9 Å². The number of alkyl carbamates (subject to hydrolysis) is 1. The maximum absolute atomic E-state index is 12.4. The second-order valence-corrected chi connectivity index (χ2v) is 6.60. The molecule has 8 nitrogen and oxygen atoms in total. The van der Waals surface area contributed by atoms with Crippen molar-refractivity contribution in [3.8, 4) is 0 Å². The molecule has 3 amide bonds. The minimum Gasteiger partial charge on any atom is -0.445 e. The van der Waals surface area contributed by atoms with Gasteiger partial charge >= 0.3 is 12.1 Å². The third-order valence-corrected chi connectivity index (χ3v) is 4.32. The van der Waals surface area contributed by atoms with Crippen LogP contribution in [0.15, 0.2) is 30.3 Å². The third-order valence-electron chi connectivity index (χ3n) is 4.32. The minimum atomic E-state index is -0.999. The highest BCUT2D eigenvalue weighted by molar-refractivity contribution is 6.01. The van der Waals surface area contributed by atoms with Gasteiger partial charge in [-0.05, 0) is 12.0 Å². The van der Waals surface area contributed by atoms with Crippen molar-refractivity contribution in [1.29, 1.82) is 0 Å². The average molecular weight is 390 g/mol. The summed E-state index contributed by atoms with van der Waals surface area (Å²) >= 11 is 0. The Hall–Kier alpha value is -2.90. The molecule has 1 N–H and O–H groups in total. The summed E-state index contributed by atoms with van der Waals surface area (Å²) in [5.41, 5.74) is 0.813. The molecular weight excluding hydrogens is 364 g/mol. The van der Waals surface area contributed by atoms with Gasteiger partial charge in [-0.25, -0.2) is 9.59 Å². The Labute approximate surface area is 164 Å². The van der Waals surface area contributed by atoms with Crippen molar-refractivity contribution in [2.45, 2.75) is 64.5 Å². The lowest BCUT2D eigenvalue weighted by Gasteiger charge is -2.20. The van der Waals surface area contributed by atoms with E-state index in [1.807, 2.05) is 30.3 Å². The fourth-order valence-electron chi connectivity index (χ4n) is 2.74. The average Bonchev–Trinajstić information content (AvgIpc) is 3.01. The van der Waals surface area contributed by atoms with E-state index < -0.39 is 29.9 Å². The van der Waals surface area contributed by atoms with E-state index in [9.17, 15) is 19.2 Å². The summed E-state index contributed by atoms with van der Waals surface area (Å²) in [5, 5.41) is 2.97. The lowest BCUT2D eigenvalue weighted by molar-refractivity contribution is -0.199. The second kappa shape index (κ2) is 11.1. The minimum absolute atomic E-state index is 0.0137. The topological polar surface area (TPSA) is 102 Å².